The number of allylic oxidation sites excluding steroid dienone is 2. The number of rotatable bonds is 2. The van der Waals surface area contributed by atoms with Gasteiger partial charge in [0.25, 0.3) is 0 Å². The van der Waals surface area contributed by atoms with E-state index in [2.05, 4.69) is 26.0 Å². The summed E-state index contributed by atoms with van der Waals surface area (Å²) in [6.07, 6.45) is 28.4. The van der Waals surface area contributed by atoms with Crippen LogP contribution in [0.3, 0.4) is 0 Å². The van der Waals surface area contributed by atoms with Crippen LogP contribution in [0.4, 0.5) is 0 Å². The Morgan fingerprint density at radius 2 is 1.31 bits per heavy atom. The van der Waals surface area contributed by atoms with E-state index in [-0.39, 0.29) is 17.6 Å². The number of hydrogen-bond acceptors (Lipinski definition) is 5. The van der Waals surface area contributed by atoms with Crippen LogP contribution < -0.4 is 0 Å². The molecule has 8 fully saturated rings. The van der Waals surface area contributed by atoms with Crippen LogP contribution in [0, 0.1) is 81.8 Å². The van der Waals surface area contributed by atoms with Gasteiger partial charge in [-0.2, -0.15) is 0 Å². The van der Waals surface area contributed by atoms with Crippen molar-refractivity contribution in [3.05, 3.63) is 47.6 Å². The van der Waals surface area contributed by atoms with E-state index < -0.39 is 5.60 Å². The van der Waals surface area contributed by atoms with Gasteiger partial charge in [0.1, 0.15) is 0 Å². The average Bonchev–Trinajstić information content (AvgIpc) is 3.99. The fraction of sp³-hybridized carbons (Fsp3) is 0.773. The second-order valence-corrected chi connectivity index (χ2v) is 19.3. The zero-order chi connectivity index (χ0) is 33.5. The Morgan fingerprint density at radius 1 is 0.735 bits per heavy atom. The summed E-state index contributed by atoms with van der Waals surface area (Å²) < 4.78 is 6.46. The molecule has 0 aromatic rings. The lowest BCUT2D eigenvalue weighted by Gasteiger charge is -2.57. The van der Waals surface area contributed by atoms with Crippen LogP contribution in [0.25, 0.3) is 0 Å². The van der Waals surface area contributed by atoms with E-state index in [4.69, 9.17) is 4.74 Å². The molecular formula is C44H58O5. The van der Waals surface area contributed by atoms with Gasteiger partial charge in [-0.1, -0.05) is 49.3 Å². The smallest absolute Gasteiger partial charge is 0.155 e. The zero-order valence-corrected chi connectivity index (χ0v) is 29.8. The maximum Gasteiger partial charge on any atom is 0.155 e. The van der Waals surface area contributed by atoms with Crippen molar-refractivity contribution < 1.29 is 24.5 Å². The molecule has 5 heteroatoms. The number of ether oxygens (including phenoxy) is 1. The van der Waals surface area contributed by atoms with Crippen LogP contribution in [0.15, 0.2) is 47.6 Å². The van der Waals surface area contributed by atoms with Gasteiger partial charge in [-0.05, 0) is 160 Å². The summed E-state index contributed by atoms with van der Waals surface area (Å²) in [4.78, 5) is 23.7. The summed E-state index contributed by atoms with van der Waals surface area (Å²) in [5.74, 6) is 9.48. The van der Waals surface area contributed by atoms with Crippen LogP contribution in [0.2, 0.25) is 0 Å². The molecular weight excluding hydrogens is 608 g/mol. The molecule has 0 saturated heterocycles. The minimum atomic E-state index is -0.727. The highest BCUT2D eigenvalue weighted by Gasteiger charge is 2.77. The van der Waals surface area contributed by atoms with Crippen molar-refractivity contribution in [3.63, 3.8) is 0 Å². The van der Waals surface area contributed by atoms with E-state index in [9.17, 15) is 19.8 Å². The Bertz CT molecular complexity index is 1570. The first-order valence-electron chi connectivity index (χ1n) is 20.4. The molecule has 0 radical (unpaired) electrons. The molecule has 12 unspecified atom stereocenters. The molecule has 0 amide bonds. The van der Waals surface area contributed by atoms with Crippen molar-refractivity contribution in [1.29, 1.82) is 0 Å². The molecule has 10 aliphatic carbocycles. The fourth-order valence-corrected chi connectivity index (χ4v) is 16.0. The van der Waals surface area contributed by atoms with Crippen LogP contribution in [0.5, 0.6) is 0 Å². The molecule has 0 aromatic heterocycles. The van der Waals surface area contributed by atoms with Gasteiger partial charge >= 0.3 is 0 Å². The van der Waals surface area contributed by atoms with E-state index in [0.29, 0.717) is 46.6 Å². The number of fused-ring (bicyclic) bond motifs is 16. The summed E-state index contributed by atoms with van der Waals surface area (Å²) in [7, 11) is 0. The fourth-order valence-electron chi connectivity index (χ4n) is 16.0. The molecule has 11 rings (SSSR count). The number of ketones is 2. The van der Waals surface area contributed by atoms with Crippen molar-refractivity contribution in [3.8, 4) is 0 Å². The largest absolute Gasteiger partial charge is 0.392 e. The minimum Gasteiger partial charge on any atom is -0.392 e. The summed E-state index contributed by atoms with van der Waals surface area (Å²) in [5.41, 5.74) is 2.61. The Labute approximate surface area is 293 Å². The molecule has 1 heterocycles. The molecule has 1 aliphatic heterocycles. The Hall–Kier alpha value is -1.82. The maximum atomic E-state index is 11.8. The lowest BCUT2D eigenvalue weighted by atomic mass is 9.49. The van der Waals surface area contributed by atoms with Gasteiger partial charge in [-0.15, -0.1) is 0 Å². The van der Waals surface area contributed by atoms with E-state index in [1.165, 1.54) is 56.1 Å². The topological polar surface area (TPSA) is 83.8 Å². The van der Waals surface area contributed by atoms with Crippen molar-refractivity contribution in [1.82, 2.24) is 0 Å². The van der Waals surface area contributed by atoms with E-state index in [1.54, 1.807) is 6.08 Å². The number of aliphatic hydroxyl groups excluding tert-OH is 1. The predicted octanol–water partition coefficient (Wildman–Crippen LogP) is 7.57. The second-order valence-electron chi connectivity index (χ2n) is 19.3. The molecule has 0 bridgehead atoms. The SMILES string of the molecule is C[C@]12CCC3C4CCC(=O)C=C4CCC3C1C1CC1[C@@]2(O)/C=C\CO.C[C@]12CCC3C4CCC(=O)C=C4CCC3C1C1CC1[C@@]21C=CCO1. The predicted molar refractivity (Wildman–Crippen MR) is 188 cm³/mol. The number of carbonyl (C=O) groups excluding carboxylic acids is 2. The lowest BCUT2D eigenvalue weighted by molar-refractivity contribution is -0.132. The summed E-state index contributed by atoms with van der Waals surface area (Å²) >= 11 is 0. The standard InChI is InChI=1S/C22H30O3.C22H28O2/c1-21-9-7-16-15-6-4-14(24)11-13(15)3-5-17(16)20(21)18-12-19(18)22(21,25)8-2-10-23;1-21-9-7-16-15-6-4-14(23)11-13(15)3-5-17(16)20(21)18-12-19(18)22(21)8-2-10-24-22/h2,8,11,15-20,23,25H,3-7,9-10,12H2,1H3;2,8,11,15-20H,3-7,9-10,12H2,1H3/b8-2-;/t2*15?,16?,17?,18?,19?,20?,21-,22-/m00/s1. The monoisotopic (exact) mass is 666 g/mol. The highest BCUT2D eigenvalue weighted by Crippen LogP contribution is 2.78. The first-order valence-corrected chi connectivity index (χ1v) is 20.4. The zero-order valence-electron chi connectivity index (χ0n) is 29.8. The third-order valence-electron chi connectivity index (χ3n) is 17.9. The van der Waals surface area contributed by atoms with Crippen molar-refractivity contribution in [2.75, 3.05) is 13.2 Å². The Kier molecular flexibility index (Phi) is 7.06. The maximum absolute atomic E-state index is 11.8. The molecule has 2 N–H and O–H groups in total. The number of aliphatic hydroxyl groups is 2. The third-order valence-corrected chi connectivity index (χ3v) is 17.9. The highest BCUT2D eigenvalue weighted by atomic mass is 16.5. The van der Waals surface area contributed by atoms with Crippen molar-refractivity contribution in [2.24, 2.45) is 81.8 Å². The van der Waals surface area contributed by atoms with Gasteiger partial charge < -0.3 is 14.9 Å². The summed E-state index contributed by atoms with van der Waals surface area (Å²) in [6, 6.07) is 0. The molecule has 264 valence electrons. The minimum absolute atomic E-state index is 0.0107. The first kappa shape index (κ1) is 31.9. The van der Waals surface area contributed by atoms with Crippen LogP contribution in [0.1, 0.15) is 104 Å². The molecule has 8 saturated carbocycles. The van der Waals surface area contributed by atoms with Gasteiger partial charge in [0.05, 0.1) is 24.4 Å². The lowest BCUT2D eigenvalue weighted by Crippen LogP contribution is -2.54. The quantitative estimate of drug-likeness (QED) is 0.297. The highest BCUT2D eigenvalue weighted by molar-refractivity contribution is 5.91. The third kappa shape index (κ3) is 4.22. The van der Waals surface area contributed by atoms with Crippen LogP contribution in [-0.2, 0) is 14.3 Å². The van der Waals surface area contributed by atoms with Crippen molar-refractivity contribution in [2.45, 2.75) is 115 Å². The van der Waals surface area contributed by atoms with Crippen LogP contribution in [-0.4, -0.2) is 46.2 Å². The molecule has 49 heavy (non-hydrogen) atoms. The molecule has 11 aliphatic rings. The van der Waals surface area contributed by atoms with E-state index in [0.717, 1.165) is 93.0 Å². The second kappa shape index (κ2) is 10.9. The Morgan fingerprint density at radius 3 is 1.90 bits per heavy atom. The van der Waals surface area contributed by atoms with Gasteiger partial charge in [-0.25, -0.2) is 0 Å². The molecule has 1 spiro atoms. The molecule has 16 atom stereocenters. The van der Waals surface area contributed by atoms with Crippen LogP contribution >= 0.6 is 0 Å². The summed E-state index contributed by atoms with van der Waals surface area (Å²) in [6.45, 7) is 5.72. The van der Waals surface area contributed by atoms with E-state index >= 15 is 0 Å². The van der Waals surface area contributed by atoms with Crippen molar-refractivity contribution >= 4 is 11.6 Å². The number of hydrogen-bond donors (Lipinski definition) is 2. The molecule has 0 aromatic carbocycles. The van der Waals surface area contributed by atoms with Gasteiger partial charge in [0.2, 0.25) is 0 Å². The number of carbonyl (C=O) groups is 2. The van der Waals surface area contributed by atoms with E-state index in [1.807, 2.05) is 18.2 Å². The Balaban J connectivity index is 0.000000125. The van der Waals surface area contributed by atoms with Gasteiger partial charge in [0, 0.05) is 23.7 Å². The molecule has 5 nitrogen and oxygen atoms in total. The average molecular weight is 667 g/mol. The normalized spacial score (nSPS) is 55.4. The first-order chi connectivity index (χ1) is 23.6. The van der Waals surface area contributed by atoms with Gasteiger partial charge in [-0.3, -0.25) is 9.59 Å². The van der Waals surface area contributed by atoms with Gasteiger partial charge in [0.15, 0.2) is 11.6 Å². The summed E-state index contributed by atoms with van der Waals surface area (Å²) in [5, 5.41) is 20.8.